The second kappa shape index (κ2) is 6.03. The lowest BCUT2D eigenvalue weighted by atomic mass is 9.90. The van der Waals surface area contributed by atoms with Crippen LogP contribution in [0.5, 0.6) is 0 Å². The fourth-order valence-corrected chi connectivity index (χ4v) is 4.16. The van der Waals surface area contributed by atoms with E-state index in [0.29, 0.717) is 10.9 Å². The number of sulfonamides is 1. The lowest BCUT2D eigenvalue weighted by Gasteiger charge is -2.33. The van der Waals surface area contributed by atoms with Gasteiger partial charge in [-0.15, -0.1) is 0 Å². The van der Waals surface area contributed by atoms with Gasteiger partial charge in [-0.1, -0.05) is 24.6 Å². The summed E-state index contributed by atoms with van der Waals surface area (Å²) in [5.74, 6) is 0. The second-order valence-corrected chi connectivity index (χ2v) is 7.22. The van der Waals surface area contributed by atoms with E-state index >= 15 is 0 Å². The van der Waals surface area contributed by atoms with Gasteiger partial charge in [-0.2, -0.15) is 0 Å². The molecule has 2 atom stereocenters. The first-order valence-corrected chi connectivity index (χ1v) is 8.36. The number of hydrogen-bond acceptors (Lipinski definition) is 2. The number of quaternary nitrogens is 1. The highest BCUT2D eigenvalue weighted by Gasteiger charge is 2.33. The van der Waals surface area contributed by atoms with Crippen molar-refractivity contribution >= 4 is 10.0 Å². The molecule has 106 valence electrons. The summed E-state index contributed by atoms with van der Waals surface area (Å²) in [4.78, 5) is 1.67. The number of rotatable bonds is 4. The van der Waals surface area contributed by atoms with Crippen molar-refractivity contribution in [3.05, 3.63) is 30.3 Å². The van der Waals surface area contributed by atoms with Gasteiger partial charge in [0.15, 0.2) is 0 Å². The molecular weight excluding hydrogens is 260 g/mol. The van der Waals surface area contributed by atoms with Gasteiger partial charge in [0.25, 0.3) is 0 Å². The molecule has 0 aromatic heterocycles. The minimum atomic E-state index is -3.39. The predicted molar refractivity (Wildman–Crippen MR) is 75.6 cm³/mol. The Morgan fingerprint density at radius 3 is 2.37 bits per heavy atom. The van der Waals surface area contributed by atoms with Gasteiger partial charge in [-0.05, 0) is 25.0 Å². The van der Waals surface area contributed by atoms with Crippen LogP contribution in [0.3, 0.4) is 0 Å². The van der Waals surface area contributed by atoms with Crippen molar-refractivity contribution in [3.63, 3.8) is 0 Å². The zero-order valence-electron chi connectivity index (χ0n) is 11.6. The van der Waals surface area contributed by atoms with Crippen LogP contribution in [0.2, 0.25) is 0 Å². The molecule has 0 saturated heterocycles. The molecular formula is C14H23N2O2S+. The zero-order chi connectivity index (χ0) is 13.9. The van der Waals surface area contributed by atoms with E-state index in [2.05, 4.69) is 18.8 Å². The van der Waals surface area contributed by atoms with Crippen LogP contribution in [0.1, 0.15) is 25.7 Å². The summed E-state index contributed by atoms with van der Waals surface area (Å²) in [6.07, 6.45) is 4.32. The molecule has 0 bridgehead atoms. The number of nitrogens with one attached hydrogen (secondary N) is 2. The molecule has 4 nitrogen and oxygen atoms in total. The average molecular weight is 283 g/mol. The first-order chi connectivity index (χ1) is 9.00. The van der Waals surface area contributed by atoms with E-state index in [1.54, 1.807) is 24.3 Å². The van der Waals surface area contributed by atoms with Gasteiger partial charge < -0.3 is 4.90 Å². The largest absolute Gasteiger partial charge is 0.336 e. The summed E-state index contributed by atoms with van der Waals surface area (Å²) >= 11 is 0. The maximum Gasteiger partial charge on any atom is 0.241 e. The van der Waals surface area contributed by atoms with Crippen molar-refractivity contribution in [3.8, 4) is 0 Å². The molecule has 2 N–H and O–H groups in total. The Labute approximate surface area is 115 Å². The van der Waals surface area contributed by atoms with E-state index in [1.807, 2.05) is 6.07 Å². The predicted octanol–water partition coefficient (Wildman–Crippen LogP) is 0.421. The highest BCUT2D eigenvalue weighted by molar-refractivity contribution is 7.89. The molecule has 1 saturated carbocycles. The number of likely N-dealkylation sites (N-methyl/N-ethyl adjacent to an activating group) is 1. The molecule has 0 aliphatic heterocycles. The summed E-state index contributed by atoms with van der Waals surface area (Å²) < 4.78 is 27.6. The minimum absolute atomic E-state index is 0.0453. The Hall–Kier alpha value is -0.910. The molecule has 0 spiro atoms. The van der Waals surface area contributed by atoms with E-state index in [4.69, 9.17) is 0 Å². The Bertz CT molecular complexity index is 499. The van der Waals surface area contributed by atoms with Crippen LogP contribution in [-0.4, -0.2) is 34.6 Å². The Balaban J connectivity index is 2.15. The molecule has 0 radical (unpaired) electrons. The number of benzene rings is 1. The molecule has 1 aliphatic carbocycles. The molecule has 5 heteroatoms. The van der Waals surface area contributed by atoms with Crippen molar-refractivity contribution in [1.82, 2.24) is 4.72 Å². The molecule has 1 aromatic rings. The van der Waals surface area contributed by atoms with Gasteiger partial charge in [0.2, 0.25) is 10.0 Å². The highest BCUT2D eigenvalue weighted by Crippen LogP contribution is 2.19. The molecule has 1 aliphatic rings. The van der Waals surface area contributed by atoms with Gasteiger partial charge in [-0.25, -0.2) is 13.1 Å². The lowest BCUT2D eigenvalue weighted by Crippen LogP contribution is -3.12. The average Bonchev–Trinajstić information content (AvgIpc) is 2.39. The Kier molecular flexibility index (Phi) is 4.60. The first kappa shape index (κ1) is 14.5. The van der Waals surface area contributed by atoms with Gasteiger partial charge in [0.05, 0.1) is 25.0 Å². The maximum absolute atomic E-state index is 12.3. The first-order valence-electron chi connectivity index (χ1n) is 6.88. The molecule has 0 amide bonds. The Morgan fingerprint density at radius 2 is 1.74 bits per heavy atom. The fourth-order valence-electron chi connectivity index (χ4n) is 2.83. The van der Waals surface area contributed by atoms with E-state index < -0.39 is 10.0 Å². The van der Waals surface area contributed by atoms with Crippen LogP contribution in [0.4, 0.5) is 0 Å². The van der Waals surface area contributed by atoms with Crippen molar-refractivity contribution in [1.29, 1.82) is 0 Å². The topological polar surface area (TPSA) is 50.6 Å². The van der Waals surface area contributed by atoms with Crippen molar-refractivity contribution in [2.24, 2.45) is 0 Å². The molecule has 0 unspecified atom stereocenters. The monoisotopic (exact) mass is 283 g/mol. The Morgan fingerprint density at radius 1 is 1.11 bits per heavy atom. The molecule has 1 aromatic carbocycles. The third-order valence-electron chi connectivity index (χ3n) is 3.87. The molecule has 19 heavy (non-hydrogen) atoms. The lowest BCUT2D eigenvalue weighted by molar-refractivity contribution is -0.888. The quantitative estimate of drug-likeness (QED) is 0.841. The van der Waals surface area contributed by atoms with Crippen molar-refractivity contribution < 1.29 is 13.3 Å². The van der Waals surface area contributed by atoms with Crippen LogP contribution in [0.25, 0.3) is 0 Å². The van der Waals surface area contributed by atoms with Gasteiger partial charge in [0, 0.05) is 6.42 Å². The zero-order valence-corrected chi connectivity index (χ0v) is 12.4. The van der Waals surface area contributed by atoms with E-state index in [-0.39, 0.29) is 6.04 Å². The highest BCUT2D eigenvalue weighted by atomic mass is 32.2. The van der Waals surface area contributed by atoms with Crippen LogP contribution < -0.4 is 9.62 Å². The van der Waals surface area contributed by atoms with E-state index in [0.717, 1.165) is 19.3 Å². The standard InChI is InChI=1S/C14H22N2O2S/c1-16(2)14-11-7-6-10-13(14)15-19(17,18)12-8-4-3-5-9-12/h3-5,8-9,13-15H,6-7,10-11H2,1-2H3/p+1/t13-,14-/m0/s1. The summed E-state index contributed by atoms with van der Waals surface area (Å²) in [5.41, 5.74) is 0. The normalized spacial score (nSPS) is 24.6. The van der Waals surface area contributed by atoms with Gasteiger partial charge in [0.1, 0.15) is 6.04 Å². The van der Waals surface area contributed by atoms with Crippen LogP contribution >= 0.6 is 0 Å². The molecule has 1 fully saturated rings. The minimum Gasteiger partial charge on any atom is -0.336 e. The van der Waals surface area contributed by atoms with Crippen LogP contribution in [0.15, 0.2) is 35.2 Å². The van der Waals surface area contributed by atoms with E-state index in [1.165, 1.54) is 11.3 Å². The fraction of sp³-hybridized carbons (Fsp3) is 0.571. The summed E-state index contributed by atoms with van der Waals surface area (Å²) in [7, 11) is 0.804. The van der Waals surface area contributed by atoms with Crippen molar-refractivity contribution in [2.75, 3.05) is 14.1 Å². The summed E-state index contributed by atoms with van der Waals surface area (Å²) in [5, 5.41) is 0. The van der Waals surface area contributed by atoms with Crippen molar-refractivity contribution in [2.45, 2.75) is 42.7 Å². The number of hydrogen-bond donors (Lipinski definition) is 2. The SMILES string of the molecule is C[NH+](C)[C@H]1CCCC[C@@H]1NS(=O)(=O)c1ccccc1. The molecule has 0 heterocycles. The van der Waals surface area contributed by atoms with Gasteiger partial charge >= 0.3 is 0 Å². The molecule has 2 rings (SSSR count). The maximum atomic E-state index is 12.3. The van der Waals surface area contributed by atoms with Crippen LogP contribution in [0, 0.1) is 0 Å². The second-order valence-electron chi connectivity index (χ2n) is 5.51. The summed E-state index contributed by atoms with van der Waals surface area (Å²) in [6.45, 7) is 0. The summed E-state index contributed by atoms with van der Waals surface area (Å²) in [6, 6.07) is 9.03. The van der Waals surface area contributed by atoms with Gasteiger partial charge in [-0.3, -0.25) is 0 Å². The third kappa shape index (κ3) is 3.55. The smallest absolute Gasteiger partial charge is 0.241 e. The van der Waals surface area contributed by atoms with E-state index in [9.17, 15) is 8.42 Å². The third-order valence-corrected chi connectivity index (χ3v) is 5.37. The van der Waals surface area contributed by atoms with Crippen LogP contribution in [-0.2, 0) is 10.0 Å².